The summed E-state index contributed by atoms with van der Waals surface area (Å²) in [5.41, 5.74) is 1.46. The molecule has 0 fully saturated rings. The first kappa shape index (κ1) is 11.3. The van der Waals surface area contributed by atoms with Crippen LogP contribution in [0.4, 0.5) is 5.69 Å². The van der Waals surface area contributed by atoms with Crippen LogP contribution in [0.15, 0.2) is 24.3 Å². The Morgan fingerprint density at radius 2 is 2.25 bits per heavy atom. The summed E-state index contributed by atoms with van der Waals surface area (Å²) >= 11 is 3.41. The van der Waals surface area contributed by atoms with Crippen LogP contribution in [0.1, 0.15) is 30.1 Å². The molecule has 0 aromatic heterocycles. The van der Waals surface area contributed by atoms with Crippen LogP contribution in [0, 0.1) is 10.1 Å². The van der Waals surface area contributed by atoms with Gasteiger partial charge in [-0.1, -0.05) is 22.0 Å². The zero-order chi connectivity index (χ0) is 11.7. The van der Waals surface area contributed by atoms with Crippen LogP contribution < -0.4 is 0 Å². The summed E-state index contributed by atoms with van der Waals surface area (Å²) in [6, 6.07) is 4.56. The summed E-state index contributed by atoms with van der Waals surface area (Å²) in [4.78, 5) is 10.2. The number of halogens is 1. The van der Waals surface area contributed by atoms with Crippen LogP contribution in [0.3, 0.4) is 0 Å². The number of hydrogen-bond acceptors (Lipinski definition) is 3. The summed E-state index contributed by atoms with van der Waals surface area (Å²) in [6.45, 7) is 0. The average molecular weight is 284 g/mol. The number of fused-ring (bicyclic) bond motifs is 1. The Labute approximate surface area is 101 Å². The van der Waals surface area contributed by atoms with Crippen LogP contribution in [0.5, 0.6) is 0 Å². The van der Waals surface area contributed by atoms with Crippen molar-refractivity contribution < 1.29 is 10.0 Å². The fourth-order valence-electron chi connectivity index (χ4n) is 1.79. The van der Waals surface area contributed by atoms with Crippen LogP contribution in [-0.2, 0) is 0 Å². The van der Waals surface area contributed by atoms with Crippen molar-refractivity contribution in [3.8, 4) is 0 Å². The number of hydrogen-bond donors (Lipinski definition) is 1. The standard InChI is InChI=1S/C11H10BrNO3/c12-10-2-1-3-11(14)9-6-7(13(15)16)4-5-8(9)10/h2,4-6,11,14H,1,3H2. The third-order valence-electron chi connectivity index (χ3n) is 2.63. The SMILES string of the molecule is O=[N+]([O-])c1ccc2c(c1)C(O)CCC=C2Br. The number of rotatable bonds is 1. The summed E-state index contributed by atoms with van der Waals surface area (Å²) in [5, 5.41) is 20.5. The Morgan fingerprint density at radius 1 is 1.50 bits per heavy atom. The molecule has 1 N–H and O–H groups in total. The zero-order valence-corrected chi connectivity index (χ0v) is 9.98. The Morgan fingerprint density at radius 3 is 2.94 bits per heavy atom. The van der Waals surface area contributed by atoms with Gasteiger partial charge in [0.2, 0.25) is 0 Å². The Balaban J connectivity index is 2.56. The van der Waals surface area contributed by atoms with E-state index in [1.165, 1.54) is 12.1 Å². The molecule has 1 unspecified atom stereocenters. The Kier molecular flexibility index (Phi) is 3.07. The minimum atomic E-state index is -0.638. The molecule has 0 spiro atoms. The predicted octanol–water partition coefficient (Wildman–Crippen LogP) is 3.16. The van der Waals surface area contributed by atoms with Crippen molar-refractivity contribution in [2.24, 2.45) is 0 Å². The Bertz CT molecular complexity index is 470. The molecule has 1 aromatic rings. The molecule has 2 rings (SSSR count). The van der Waals surface area contributed by atoms with Crippen LogP contribution in [0.25, 0.3) is 4.48 Å². The fourth-order valence-corrected chi connectivity index (χ4v) is 2.38. The third kappa shape index (κ3) is 2.01. The van der Waals surface area contributed by atoms with E-state index in [0.29, 0.717) is 12.0 Å². The molecule has 16 heavy (non-hydrogen) atoms. The molecule has 0 amide bonds. The van der Waals surface area contributed by atoms with Gasteiger partial charge in [0.05, 0.1) is 11.0 Å². The molecule has 1 aliphatic carbocycles. The van der Waals surface area contributed by atoms with Gasteiger partial charge in [0, 0.05) is 16.6 Å². The van der Waals surface area contributed by atoms with Gasteiger partial charge >= 0.3 is 0 Å². The lowest BCUT2D eigenvalue weighted by molar-refractivity contribution is -0.385. The van der Waals surface area contributed by atoms with Crippen molar-refractivity contribution in [3.05, 3.63) is 45.5 Å². The highest BCUT2D eigenvalue weighted by Crippen LogP contribution is 2.36. The first-order chi connectivity index (χ1) is 7.59. The smallest absolute Gasteiger partial charge is 0.269 e. The van der Waals surface area contributed by atoms with Gasteiger partial charge in [-0.25, -0.2) is 0 Å². The molecular formula is C11H10BrNO3. The molecule has 0 heterocycles. The van der Waals surface area contributed by atoms with Crippen molar-refractivity contribution in [2.45, 2.75) is 18.9 Å². The number of nitro benzene ring substituents is 1. The number of nitrogens with zero attached hydrogens (tertiary/aromatic N) is 1. The second kappa shape index (κ2) is 4.35. The molecular weight excluding hydrogens is 274 g/mol. The van der Waals surface area contributed by atoms with E-state index in [1.54, 1.807) is 6.07 Å². The third-order valence-corrected chi connectivity index (χ3v) is 3.38. The van der Waals surface area contributed by atoms with Crippen LogP contribution >= 0.6 is 15.9 Å². The van der Waals surface area contributed by atoms with E-state index >= 15 is 0 Å². The minimum Gasteiger partial charge on any atom is -0.388 e. The molecule has 5 heteroatoms. The molecule has 1 aliphatic rings. The fraction of sp³-hybridized carbons (Fsp3) is 0.273. The first-order valence-corrected chi connectivity index (χ1v) is 5.71. The monoisotopic (exact) mass is 283 g/mol. The van der Waals surface area contributed by atoms with E-state index in [0.717, 1.165) is 16.5 Å². The van der Waals surface area contributed by atoms with Gasteiger partial charge < -0.3 is 5.11 Å². The highest BCUT2D eigenvalue weighted by atomic mass is 79.9. The van der Waals surface area contributed by atoms with Crippen molar-refractivity contribution in [3.63, 3.8) is 0 Å². The van der Waals surface area contributed by atoms with Crippen LogP contribution in [-0.4, -0.2) is 10.0 Å². The molecule has 4 nitrogen and oxygen atoms in total. The topological polar surface area (TPSA) is 63.4 Å². The number of benzene rings is 1. The summed E-state index contributed by atoms with van der Waals surface area (Å²) < 4.78 is 0.883. The Hall–Kier alpha value is -1.20. The molecule has 84 valence electrons. The summed E-state index contributed by atoms with van der Waals surface area (Å²) in [7, 11) is 0. The molecule has 1 atom stereocenters. The molecule has 0 bridgehead atoms. The lowest BCUT2D eigenvalue weighted by Crippen LogP contribution is -2.00. The molecule has 0 saturated heterocycles. The van der Waals surface area contributed by atoms with Crippen molar-refractivity contribution >= 4 is 26.1 Å². The van der Waals surface area contributed by atoms with Gasteiger partial charge in [-0.05, 0) is 30.0 Å². The molecule has 0 aliphatic heterocycles. The lowest BCUT2D eigenvalue weighted by Gasteiger charge is -2.11. The van der Waals surface area contributed by atoms with E-state index in [2.05, 4.69) is 15.9 Å². The first-order valence-electron chi connectivity index (χ1n) is 4.92. The van der Waals surface area contributed by atoms with Gasteiger partial charge in [0.1, 0.15) is 0 Å². The lowest BCUT2D eigenvalue weighted by atomic mass is 10.0. The second-order valence-corrected chi connectivity index (χ2v) is 4.53. The van der Waals surface area contributed by atoms with Gasteiger partial charge in [-0.15, -0.1) is 0 Å². The van der Waals surface area contributed by atoms with E-state index in [4.69, 9.17) is 0 Å². The predicted molar refractivity (Wildman–Crippen MR) is 64.2 cm³/mol. The zero-order valence-electron chi connectivity index (χ0n) is 8.39. The number of nitro groups is 1. The minimum absolute atomic E-state index is 0.0139. The second-order valence-electron chi connectivity index (χ2n) is 3.67. The van der Waals surface area contributed by atoms with Crippen LogP contribution in [0.2, 0.25) is 0 Å². The average Bonchev–Trinajstić information content (AvgIpc) is 2.40. The number of aliphatic hydroxyl groups excluding tert-OH is 1. The maximum Gasteiger partial charge on any atom is 0.269 e. The molecule has 0 saturated carbocycles. The van der Waals surface area contributed by atoms with Gasteiger partial charge in [-0.2, -0.15) is 0 Å². The number of aliphatic hydroxyl groups is 1. The van der Waals surface area contributed by atoms with Crippen molar-refractivity contribution in [2.75, 3.05) is 0 Å². The summed E-state index contributed by atoms with van der Waals surface area (Å²) in [6.07, 6.45) is 2.68. The molecule has 1 aromatic carbocycles. The van der Waals surface area contributed by atoms with E-state index in [9.17, 15) is 15.2 Å². The van der Waals surface area contributed by atoms with Crippen molar-refractivity contribution in [1.82, 2.24) is 0 Å². The van der Waals surface area contributed by atoms with Gasteiger partial charge in [-0.3, -0.25) is 10.1 Å². The summed E-state index contributed by atoms with van der Waals surface area (Å²) in [5.74, 6) is 0. The quantitative estimate of drug-likeness (QED) is 0.636. The van der Waals surface area contributed by atoms with E-state index in [1.807, 2.05) is 6.08 Å². The maximum absolute atomic E-state index is 10.7. The van der Waals surface area contributed by atoms with E-state index in [-0.39, 0.29) is 5.69 Å². The highest BCUT2D eigenvalue weighted by molar-refractivity contribution is 9.15. The van der Waals surface area contributed by atoms with Crippen molar-refractivity contribution in [1.29, 1.82) is 0 Å². The number of allylic oxidation sites excluding steroid dienone is 1. The maximum atomic E-state index is 10.7. The largest absolute Gasteiger partial charge is 0.388 e. The normalized spacial score (nSPS) is 19.6. The number of non-ortho nitro benzene ring substituents is 1. The molecule has 0 radical (unpaired) electrons. The highest BCUT2D eigenvalue weighted by Gasteiger charge is 2.20. The van der Waals surface area contributed by atoms with E-state index < -0.39 is 11.0 Å². The van der Waals surface area contributed by atoms with Gasteiger partial charge in [0.15, 0.2) is 0 Å². The van der Waals surface area contributed by atoms with Gasteiger partial charge in [0.25, 0.3) is 5.69 Å².